The van der Waals surface area contributed by atoms with Crippen LogP contribution in [0.4, 0.5) is 10.8 Å². The van der Waals surface area contributed by atoms with E-state index in [9.17, 15) is 14.7 Å². The number of ether oxygens (including phenoxy) is 4. The van der Waals surface area contributed by atoms with Crippen molar-refractivity contribution in [1.82, 2.24) is 9.88 Å². The molecule has 0 unspecified atom stereocenters. The highest BCUT2D eigenvalue weighted by Crippen LogP contribution is 2.65. The van der Waals surface area contributed by atoms with Gasteiger partial charge in [-0.15, -0.1) is 0 Å². The van der Waals surface area contributed by atoms with Crippen molar-refractivity contribution in [3.05, 3.63) is 155 Å². The first-order valence-corrected chi connectivity index (χ1v) is 21.7. The SMILES string of the molecule is COC(=O)C(CC#Cc1ccc2c(c1)[C@]1(C(=O)N2)[C@H](c2ccc(OCCO)cc2)N2[C@H](c3ccccc3)[C@H](c3ccccc3)OC(=O)[C@H]2[C@@H]1C(=O)Nc1nc2ccccc2s1)C(=O)OC. The summed E-state index contributed by atoms with van der Waals surface area (Å²) in [5, 5.41) is 15.9. The number of nitrogens with zero attached hydrogens (tertiary/aromatic N) is 2. The standard InChI is InChI=1S/C50H42N4O10S/c1-61-45(57)34(46(58)62-2)17-11-12-29-20-25-36-35(28-29)50(48(60)51-36)39(44(56)53-49-52-37-18-9-10-19-38(37)65-49)41-47(59)64-42(31-15-7-4-8-16-31)40(30-13-5-3-6-14-30)54(41)43(50)32-21-23-33(24-22-32)63-27-26-55/h3-10,13-16,18-25,28,34,39-43,55H,17,26-27H2,1-2H3,(H,51,60)(H,52,53,56)/t39-,40-,41-,42+,43+,50-/m1/s1. The molecule has 14 nitrogen and oxygen atoms in total. The average molecular weight is 891 g/mol. The summed E-state index contributed by atoms with van der Waals surface area (Å²) >= 11 is 1.26. The van der Waals surface area contributed by atoms with Crippen molar-refractivity contribution in [1.29, 1.82) is 0 Å². The number of cyclic esters (lactones) is 1. The van der Waals surface area contributed by atoms with Gasteiger partial charge in [0.1, 0.15) is 29.9 Å². The maximum atomic E-state index is 15.6. The van der Waals surface area contributed by atoms with Crippen LogP contribution in [-0.2, 0) is 43.6 Å². The molecule has 328 valence electrons. The molecule has 3 N–H and O–H groups in total. The van der Waals surface area contributed by atoms with E-state index in [2.05, 4.69) is 22.5 Å². The maximum absolute atomic E-state index is 15.6. The largest absolute Gasteiger partial charge is 0.491 e. The van der Waals surface area contributed by atoms with Gasteiger partial charge in [0.2, 0.25) is 11.8 Å². The Morgan fingerprint density at radius 1 is 0.862 bits per heavy atom. The molecular formula is C50H42N4O10S. The van der Waals surface area contributed by atoms with E-state index in [0.717, 1.165) is 10.3 Å². The van der Waals surface area contributed by atoms with Gasteiger partial charge in [0, 0.05) is 17.7 Å². The third-order valence-corrected chi connectivity index (χ3v) is 13.1. The van der Waals surface area contributed by atoms with Crippen LogP contribution in [0.15, 0.2) is 127 Å². The summed E-state index contributed by atoms with van der Waals surface area (Å²) in [5.74, 6) is 0.206. The number of carbonyl (C=O) groups is 5. The molecule has 2 fully saturated rings. The molecule has 4 heterocycles. The number of hydrogen-bond donors (Lipinski definition) is 3. The second-order valence-corrected chi connectivity index (χ2v) is 16.7. The van der Waals surface area contributed by atoms with Gasteiger partial charge in [0.15, 0.2) is 11.0 Å². The van der Waals surface area contributed by atoms with E-state index in [1.165, 1.54) is 25.6 Å². The molecule has 0 radical (unpaired) electrons. The lowest BCUT2D eigenvalue weighted by Gasteiger charge is -2.46. The topological polar surface area (TPSA) is 183 Å². The Morgan fingerprint density at radius 2 is 1.54 bits per heavy atom. The summed E-state index contributed by atoms with van der Waals surface area (Å²) in [6.45, 7) is -0.153. The van der Waals surface area contributed by atoms with Crippen molar-refractivity contribution in [2.45, 2.75) is 36.1 Å². The zero-order valence-corrected chi connectivity index (χ0v) is 36.0. The van der Waals surface area contributed by atoms with E-state index in [1.807, 2.05) is 89.8 Å². The van der Waals surface area contributed by atoms with Crippen LogP contribution in [0.2, 0.25) is 0 Å². The van der Waals surface area contributed by atoms with Crippen LogP contribution in [0.3, 0.4) is 0 Å². The van der Waals surface area contributed by atoms with Crippen molar-refractivity contribution in [3.8, 4) is 17.6 Å². The number of benzene rings is 5. The molecule has 3 aliphatic heterocycles. The second kappa shape index (κ2) is 18.0. The lowest BCUT2D eigenvalue weighted by molar-refractivity contribution is -0.178. The van der Waals surface area contributed by atoms with Crippen LogP contribution in [-0.4, -0.2) is 78.2 Å². The zero-order chi connectivity index (χ0) is 45.2. The van der Waals surface area contributed by atoms with Gasteiger partial charge < -0.3 is 34.7 Å². The highest BCUT2D eigenvalue weighted by atomic mass is 32.1. The smallest absolute Gasteiger partial charge is 0.324 e. The van der Waals surface area contributed by atoms with Gasteiger partial charge in [-0.05, 0) is 64.7 Å². The number of fused-ring (bicyclic) bond motifs is 4. The molecule has 15 heteroatoms. The molecule has 3 aliphatic rings. The Labute approximate surface area is 377 Å². The van der Waals surface area contributed by atoms with Gasteiger partial charge >= 0.3 is 17.9 Å². The maximum Gasteiger partial charge on any atom is 0.324 e. The number of hydrogen-bond acceptors (Lipinski definition) is 13. The third kappa shape index (κ3) is 7.65. The molecule has 6 aromatic rings. The van der Waals surface area contributed by atoms with E-state index < -0.39 is 71.2 Å². The van der Waals surface area contributed by atoms with Gasteiger partial charge in [-0.25, -0.2) is 4.98 Å². The molecule has 1 aromatic heterocycles. The number of aliphatic hydroxyl groups is 1. The van der Waals surface area contributed by atoms with Crippen molar-refractivity contribution in [2.24, 2.45) is 11.8 Å². The van der Waals surface area contributed by atoms with Crippen molar-refractivity contribution < 1.29 is 48.0 Å². The quantitative estimate of drug-likeness (QED) is 0.0574. The number of carbonyl (C=O) groups excluding carboxylic acids is 5. The fraction of sp³-hybridized carbons (Fsp3) is 0.240. The summed E-state index contributed by atoms with van der Waals surface area (Å²) in [6.07, 6.45) is -1.10. The minimum atomic E-state index is -1.84. The van der Waals surface area contributed by atoms with Crippen LogP contribution >= 0.6 is 11.3 Å². The number of methoxy groups -OCH3 is 2. The van der Waals surface area contributed by atoms with Gasteiger partial charge in [0.25, 0.3) is 0 Å². The molecule has 0 aliphatic carbocycles. The van der Waals surface area contributed by atoms with Gasteiger partial charge in [-0.3, -0.25) is 28.9 Å². The first-order valence-electron chi connectivity index (χ1n) is 20.9. The molecule has 9 rings (SSSR count). The number of rotatable bonds is 11. The first-order chi connectivity index (χ1) is 31.7. The molecule has 5 aromatic carbocycles. The van der Waals surface area contributed by atoms with E-state index in [1.54, 1.807) is 42.5 Å². The number of anilines is 2. The van der Waals surface area contributed by atoms with E-state index in [4.69, 9.17) is 23.9 Å². The molecule has 2 amide bonds. The van der Waals surface area contributed by atoms with Crippen molar-refractivity contribution in [2.75, 3.05) is 38.1 Å². The number of morpholine rings is 1. The fourth-order valence-electron chi connectivity index (χ4n) is 9.49. The monoisotopic (exact) mass is 890 g/mol. The number of amides is 2. The Balaban J connectivity index is 1.28. The van der Waals surface area contributed by atoms with Crippen molar-refractivity contribution in [3.63, 3.8) is 0 Å². The highest BCUT2D eigenvalue weighted by molar-refractivity contribution is 7.22. The lowest BCUT2D eigenvalue weighted by atomic mass is 9.65. The first kappa shape index (κ1) is 42.9. The van der Waals surface area contributed by atoms with Crippen LogP contribution < -0.4 is 15.4 Å². The number of para-hydroxylation sites is 1. The summed E-state index contributed by atoms with van der Waals surface area (Å²) in [5.41, 5.74) is 2.09. The van der Waals surface area contributed by atoms with Crippen LogP contribution in [0, 0.1) is 23.7 Å². The Kier molecular flexibility index (Phi) is 11.9. The normalized spacial score (nSPS) is 22.0. The van der Waals surface area contributed by atoms with E-state index >= 15 is 14.4 Å². The minimum absolute atomic E-state index is 0.0508. The summed E-state index contributed by atoms with van der Waals surface area (Å²) in [7, 11) is 2.33. The Bertz CT molecular complexity index is 2810. The molecule has 2 saturated heterocycles. The number of thiazole rings is 1. The van der Waals surface area contributed by atoms with Crippen molar-refractivity contribution >= 4 is 62.1 Å². The number of nitrogens with one attached hydrogen (secondary N) is 2. The second-order valence-electron chi connectivity index (χ2n) is 15.7. The summed E-state index contributed by atoms with van der Waals surface area (Å²) in [6, 6.07) is 35.4. The molecular weight excluding hydrogens is 849 g/mol. The zero-order valence-electron chi connectivity index (χ0n) is 35.1. The lowest BCUT2D eigenvalue weighted by Crippen LogP contribution is -2.53. The Morgan fingerprint density at radius 3 is 2.22 bits per heavy atom. The third-order valence-electron chi connectivity index (χ3n) is 12.2. The number of aromatic nitrogens is 1. The fourth-order valence-corrected chi connectivity index (χ4v) is 10.4. The van der Waals surface area contributed by atoms with Gasteiger partial charge in [-0.2, -0.15) is 0 Å². The Hall–Kier alpha value is -7.38. The molecule has 6 atom stereocenters. The average Bonchev–Trinajstić information content (AvgIpc) is 3.99. The molecule has 65 heavy (non-hydrogen) atoms. The predicted octanol–water partition coefficient (Wildman–Crippen LogP) is 6.28. The van der Waals surface area contributed by atoms with Gasteiger partial charge in [0.05, 0.1) is 49.0 Å². The van der Waals surface area contributed by atoms with Crippen LogP contribution in [0.5, 0.6) is 5.75 Å². The van der Waals surface area contributed by atoms with E-state index in [-0.39, 0.29) is 24.8 Å². The van der Waals surface area contributed by atoms with E-state index in [0.29, 0.717) is 39.2 Å². The number of aliphatic hydroxyl groups excluding tert-OH is 1. The molecule has 0 saturated carbocycles. The van der Waals surface area contributed by atoms with Gasteiger partial charge in [-0.1, -0.05) is 108 Å². The molecule has 1 spiro atoms. The van der Waals surface area contributed by atoms with Crippen LogP contribution in [0.1, 0.15) is 52.4 Å². The highest BCUT2D eigenvalue weighted by Gasteiger charge is 2.74. The van der Waals surface area contributed by atoms with Crippen LogP contribution in [0.25, 0.3) is 10.2 Å². The summed E-state index contributed by atoms with van der Waals surface area (Å²) in [4.78, 5) is 77.9. The summed E-state index contributed by atoms with van der Waals surface area (Å²) < 4.78 is 22.7. The number of esters is 3. The predicted molar refractivity (Wildman–Crippen MR) is 239 cm³/mol. The molecule has 0 bridgehead atoms. The minimum Gasteiger partial charge on any atom is -0.491 e.